The molecule has 2 aromatic rings. The monoisotopic (exact) mass is 473 g/mol. The molecule has 2 aliphatic heterocycles. The molecule has 8 nitrogen and oxygen atoms in total. The summed E-state index contributed by atoms with van der Waals surface area (Å²) in [6, 6.07) is 9.07. The van der Waals surface area contributed by atoms with Crippen molar-refractivity contribution in [3.8, 4) is 5.75 Å². The number of halogens is 1. The van der Waals surface area contributed by atoms with Crippen LogP contribution in [0.15, 0.2) is 35.1 Å². The van der Waals surface area contributed by atoms with Crippen molar-refractivity contribution in [2.24, 2.45) is 5.92 Å². The Balaban J connectivity index is 1.56. The Bertz CT molecular complexity index is 1100. The fraction of sp³-hybridized carbons (Fsp3) is 0.458. The van der Waals surface area contributed by atoms with Gasteiger partial charge in [0.2, 0.25) is 5.91 Å². The molecule has 176 valence electrons. The summed E-state index contributed by atoms with van der Waals surface area (Å²) in [6.07, 6.45) is 0.906. The third kappa shape index (κ3) is 5.23. The predicted molar refractivity (Wildman–Crippen MR) is 124 cm³/mol. The van der Waals surface area contributed by atoms with E-state index in [1.807, 2.05) is 24.3 Å². The van der Waals surface area contributed by atoms with Crippen LogP contribution in [0.25, 0.3) is 0 Å². The molecule has 1 aromatic heterocycles. The zero-order valence-corrected chi connectivity index (χ0v) is 19.6. The maximum atomic E-state index is 12.9. The number of carbonyl (C=O) groups excluding carboxylic acids is 2. The highest BCUT2D eigenvalue weighted by Gasteiger charge is 2.30. The highest BCUT2D eigenvalue weighted by atomic mass is 35.5. The molecule has 3 heterocycles. The van der Waals surface area contributed by atoms with Crippen LogP contribution in [0.1, 0.15) is 28.0 Å². The Labute approximate surface area is 197 Å². The van der Waals surface area contributed by atoms with Gasteiger partial charge in [-0.2, -0.15) is 0 Å². The minimum Gasteiger partial charge on any atom is -0.492 e. The van der Waals surface area contributed by atoms with Gasteiger partial charge in [-0.3, -0.25) is 14.5 Å². The molecule has 1 saturated heterocycles. The van der Waals surface area contributed by atoms with Crippen LogP contribution in [0.4, 0.5) is 0 Å². The van der Waals surface area contributed by atoms with Crippen molar-refractivity contribution in [1.82, 2.24) is 14.4 Å². The van der Waals surface area contributed by atoms with Gasteiger partial charge in [-0.25, -0.2) is 4.79 Å². The molecular formula is C24H28ClN3O5. The van der Waals surface area contributed by atoms with Crippen LogP contribution >= 0.6 is 11.6 Å². The van der Waals surface area contributed by atoms with Crippen molar-refractivity contribution >= 4 is 23.5 Å². The molecule has 0 radical (unpaired) electrons. The van der Waals surface area contributed by atoms with E-state index >= 15 is 0 Å². The molecule has 1 aromatic carbocycles. The van der Waals surface area contributed by atoms with Crippen LogP contribution in [0.3, 0.4) is 0 Å². The van der Waals surface area contributed by atoms with Crippen LogP contribution in [0, 0.1) is 5.92 Å². The van der Waals surface area contributed by atoms with Gasteiger partial charge in [0.15, 0.2) is 0 Å². The number of methoxy groups -OCH3 is 1. The van der Waals surface area contributed by atoms with E-state index in [2.05, 4.69) is 4.90 Å². The standard InChI is InChI=1S/C24H28ClN3O5/c1-26-13-17(11-21(26)29)15-33-20-12-22(30)28-10-9-27(14-16-3-5-18(25)6-4-16)8-7-19(28)23(20)24(31)32-2/h3-6,12,17H,7-11,13-15H2,1-2H3/t17-/m1/s1. The number of amides is 1. The highest BCUT2D eigenvalue weighted by molar-refractivity contribution is 6.30. The second-order valence-electron chi connectivity index (χ2n) is 8.62. The lowest BCUT2D eigenvalue weighted by molar-refractivity contribution is -0.126. The summed E-state index contributed by atoms with van der Waals surface area (Å²) in [5, 5.41) is 0.692. The number of esters is 1. The summed E-state index contributed by atoms with van der Waals surface area (Å²) >= 11 is 5.99. The summed E-state index contributed by atoms with van der Waals surface area (Å²) < 4.78 is 12.6. The number of fused-ring (bicyclic) bond motifs is 1. The van der Waals surface area contributed by atoms with E-state index in [0.29, 0.717) is 55.3 Å². The lowest BCUT2D eigenvalue weighted by atomic mass is 10.1. The summed E-state index contributed by atoms with van der Waals surface area (Å²) in [7, 11) is 3.08. The number of nitrogens with zero attached hydrogens (tertiary/aromatic N) is 3. The van der Waals surface area contributed by atoms with Crippen LogP contribution < -0.4 is 10.3 Å². The molecule has 0 spiro atoms. The number of carbonyl (C=O) groups is 2. The van der Waals surface area contributed by atoms with E-state index in [1.54, 1.807) is 16.5 Å². The van der Waals surface area contributed by atoms with Gasteiger partial charge in [-0.1, -0.05) is 23.7 Å². The molecule has 9 heteroatoms. The van der Waals surface area contributed by atoms with Crippen LogP contribution in [-0.2, 0) is 29.0 Å². The van der Waals surface area contributed by atoms with Gasteiger partial charge in [-0.15, -0.1) is 0 Å². The second-order valence-corrected chi connectivity index (χ2v) is 9.06. The van der Waals surface area contributed by atoms with Gasteiger partial charge in [0.05, 0.1) is 13.7 Å². The Morgan fingerprint density at radius 2 is 1.91 bits per heavy atom. The summed E-state index contributed by atoms with van der Waals surface area (Å²) in [5.74, 6) is -0.213. The van der Waals surface area contributed by atoms with Crippen molar-refractivity contribution in [2.75, 3.05) is 40.4 Å². The first-order valence-corrected chi connectivity index (χ1v) is 11.4. The number of likely N-dealkylation sites (tertiary alicyclic amines) is 1. The first-order valence-electron chi connectivity index (χ1n) is 11.0. The highest BCUT2D eigenvalue weighted by Crippen LogP contribution is 2.26. The second kappa shape index (κ2) is 9.97. The smallest absolute Gasteiger partial charge is 0.343 e. The fourth-order valence-electron chi connectivity index (χ4n) is 4.51. The molecule has 1 fully saturated rings. The lowest BCUT2D eigenvalue weighted by Gasteiger charge is -2.19. The van der Waals surface area contributed by atoms with E-state index in [9.17, 15) is 14.4 Å². The predicted octanol–water partition coefficient (Wildman–Crippen LogP) is 2.20. The lowest BCUT2D eigenvalue weighted by Crippen LogP contribution is -2.29. The minimum atomic E-state index is -0.528. The third-order valence-electron chi connectivity index (χ3n) is 6.29. The zero-order valence-electron chi connectivity index (χ0n) is 18.9. The largest absolute Gasteiger partial charge is 0.492 e. The number of ether oxygens (including phenoxy) is 2. The Morgan fingerprint density at radius 1 is 1.15 bits per heavy atom. The Hall–Kier alpha value is -2.84. The Morgan fingerprint density at radius 3 is 2.58 bits per heavy atom. The number of benzene rings is 1. The van der Waals surface area contributed by atoms with Crippen LogP contribution in [0.2, 0.25) is 5.02 Å². The summed E-state index contributed by atoms with van der Waals surface area (Å²) in [5.41, 5.74) is 1.84. The van der Waals surface area contributed by atoms with Crippen LogP contribution in [-0.4, -0.2) is 66.6 Å². The molecule has 2 aliphatic rings. The molecule has 0 aliphatic carbocycles. The number of hydrogen-bond donors (Lipinski definition) is 0. The van der Waals surface area contributed by atoms with Gasteiger partial charge in [0.1, 0.15) is 11.3 Å². The molecule has 4 rings (SSSR count). The van der Waals surface area contributed by atoms with Gasteiger partial charge in [0.25, 0.3) is 5.56 Å². The SMILES string of the molecule is COC(=O)c1c(OC[C@@H]2CC(=O)N(C)C2)cc(=O)n2c1CCN(Cc1ccc(Cl)cc1)CC2. The van der Waals surface area contributed by atoms with E-state index in [-0.39, 0.29) is 29.7 Å². The Kier molecular flexibility index (Phi) is 7.05. The van der Waals surface area contributed by atoms with E-state index in [0.717, 1.165) is 12.1 Å². The normalized spacial score (nSPS) is 18.7. The quantitative estimate of drug-likeness (QED) is 0.598. The molecule has 0 bridgehead atoms. The van der Waals surface area contributed by atoms with Gasteiger partial charge >= 0.3 is 5.97 Å². The van der Waals surface area contributed by atoms with Crippen molar-refractivity contribution in [3.05, 3.63) is 62.5 Å². The number of hydrogen-bond acceptors (Lipinski definition) is 6. The molecular weight excluding hydrogens is 446 g/mol. The maximum Gasteiger partial charge on any atom is 0.343 e. The average molecular weight is 474 g/mol. The van der Waals surface area contributed by atoms with Gasteiger partial charge < -0.3 is 18.9 Å². The molecule has 0 unspecified atom stereocenters. The van der Waals surface area contributed by atoms with Crippen molar-refractivity contribution in [3.63, 3.8) is 0 Å². The first kappa shape index (κ1) is 23.3. The maximum absolute atomic E-state index is 12.9. The topological polar surface area (TPSA) is 81.1 Å². The van der Waals surface area contributed by atoms with E-state index in [4.69, 9.17) is 21.1 Å². The number of aromatic nitrogens is 1. The third-order valence-corrected chi connectivity index (χ3v) is 6.54. The summed E-state index contributed by atoms with van der Waals surface area (Å²) in [6.45, 7) is 3.39. The van der Waals surface area contributed by atoms with Gasteiger partial charge in [-0.05, 0) is 17.7 Å². The summed E-state index contributed by atoms with van der Waals surface area (Å²) in [4.78, 5) is 41.4. The van der Waals surface area contributed by atoms with Crippen molar-refractivity contribution in [2.45, 2.75) is 25.9 Å². The average Bonchev–Trinajstić information content (AvgIpc) is 2.98. The van der Waals surface area contributed by atoms with E-state index < -0.39 is 5.97 Å². The van der Waals surface area contributed by atoms with Crippen molar-refractivity contribution < 1.29 is 19.1 Å². The molecule has 0 saturated carbocycles. The molecule has 1 amide bonds. The molecule has 33 heavy (non-hydrogen) atoms. The van der Waals surface area contributed by atoms with Gasteiger partial charge in [0, 0.05) is 75.3 Å². The van der Waals surface area contributed by atoms with E-state index in [1.165, 1.54) is 13.2 Å². The molecule has 1 atom stereocenters. The van der Waals surface area contributed by atoms with Crippen LogP contribution in [0.5, 0.6) is 5.75 Å². The van der Waals surface area contributed by atoms with Crippen molar-refractivity contribution in [1.29, 1.82) is 0 Å². The fourth-order valence-corrected chi connectivity index (χ4v) is 4.64. The minimum absolute atomic E-state index is 0.0180. The molecule has 0 N–H and O–H groups in total. The number of rotatable bonds is 6. The zero-order chi connectivity index (χ0) is 23.5. The number of pyridine rings is 1. The first-order chi connectivity index (χ1) is 15.9.